The van der Waals surface area contributed by atoms with Gasteiger partial charge < -0.3 is 5.11 Å². The van der Waals surface area contributed by atoms with Gasteiger partial charge in [0.15, 0.2) is 0 Å². The van der Waals surface area contributed by atoms with Crippen molar-refractivity contribution in [2.45, 2.75) is 13.0 Å². The number of aromatic hydroxyl groups is 1. The quantitative estimate of drug-likeness (QED) is 0.595. The van der Waals surface area contributed by atoms with E-state index in [4.69, 9.17) is 46.4 Å². The third-order valence-corrected chi connectivity index (χ3v) is 3.78. The number of rotatable bonds is 3. The predicted octanol–water partition coefficient (Wildman–Crippen LogP) is 6.85. The van der Waals surface area contributed by atoms with Crippen LogP contribution in [0.15, 0.2) is 40.6 Å². The lowest BCUT2D eigenvalue weighted by molar-refractivity contribution is 0.463. The topological polar surface area (TPSA) is 45.0 Å². The van der Waals surface area contributed by atoms with Crippen LogP contribution in [0, 0.1) is 0 Å². The van der Waals surface area contributed by atoms with Gasteiger partial charge in [-0.15, -0.1) is 0 Å². The first kappa shape index (κ1) is 16.4. The summed E-state index contributed by atoms with van der Waals surface area (Å²) in [5.74, 6) is 0.0964. The van der Waals surface area contributed by atoms with Crippen LogP contribution in [-0.4, -0.2) is 5.11 Å². The molecule has 2 aromatic rings. The van der Waals surface area contributed by atoms with Crippen molar-refractivity contribution in [1.29, 1.82) is 0 Å². The Morgan fingerprint density at radius 1 is 0.952 bits per heavy atom. The van der Waals surface area contributed by atoms with Crippen molar-refractivity contribution < 1.29 is 5.11 Å². The molecule has 0 amide bonds. The number of hydrogen-bond donors (Lipinski definition) is 1. The Labute approximate surface area is 142 Å². The van der Waals surface area contributed by atoms with E-state index in [-0.39, 0.29) is 5.75 Å². The van der Waals surface area contributed by atoms with E-state index in [1.807, 2.05) is 0 Å². The van der Waals surface area contributed by atoms with Crippen LogP contribution < -0.4 is 0 Å². The van der Waals surface area contributed by atoms with Crippen LogP contribution in [0.2, 0.25) is 20.1 Å². The Balaban J connectivity index is 2.31. The minimum atomic E-state index is -0.411. The third-order valence-electron chi connectivity index (χ3n) is 2.75. The van der Waals surface area contributed by atoms with Crippen molar-refractivity contribution in [2.75, 3.05) is 0 Å². The summed E-state index contributed by atoms with van der Waals surface area (Å²) in [5.41, 5.74) is 0.892. The minimum Gasteiger partial charge on any atom is -0.508 e. The Kier molecular flexibility index (Phi) is 5.33. The van der Waals surface area contributed by atoms with Gasteiger partial charge >= 0.3 is 0 Å². The van der Waals surface area contributed by atoms with Gasteiger partial charge in [-0.05, 0) is 37.3 Å². The number of benzene rings is 2. The van der Waals surface area contributed by atoms with Gasteiger partial charge in [0.05, 0.1) is 16.1 Å². The second-order valence-corrected chi connectivity index (χ2v) is 6.00. The van der Waals surface area contributed by atoms with Crippen molar-refractivity contribution in [3.63, 3.8) is 0 Å². The SMILES string of the molecule is CC(N=Nc1c(Cl)cc(Cl)cc1Cl)c1cc(Cl)ccc1O. The standard InChI is InChI=1S/C14H10Cl4N2O/c1-7(10-4-8(15)2-3-13(10)21)19-20-14-11(17)5-9(16)6-12(14)18/h2-7,21H,1H3. The van der Waals surface area contributed by atoms with Crippen molar-refractivity contribution in [3.8, 4) is 5.75 Å². The number of phenols is 1. The number of phenolic OH excluding ortho intramolecular Hbond substituents is 1. The van der Waals surface area contributed by atoms with E-state index < -0.39 is 6.04 Å². The van der Waals surface area contributed by atoms with E-state index in [1.165, 1.54) is 18.2 Å². The molecule has 0 aromatic heterocycles. The Bertz CT molecular complexity index is 680. The third kappa shape index (κ3) is 4.01. The molecule has 1 unspecified atom stereocenters. The summed E-state index contributed by atoms with van der Waals surface area (Å²) >= 11 is 23.8. The first-order valence-corrected chi connectivity index (χ1v) is 7.43. The average molecular weight is 364 g/mol. The van der Waals surface area contributed by atoms with Crippen LogP contribution in [0.3, 0.4) is 0 Å². The summed E-state index contributed by atoms with van der Waals surface area (Å²) in [4.78, 5) is 0. The molecule has 21 heavy (non-hydrogen) atoms. The van der Waals surface area contributed by atoms with Crippen LogP contribution in [0.25, 0.3) is 0 Å². The largest absolute Gasteiger partial charge is 0.508 e. The highest BCUT2D eigenvalue weighted by Gasteiger charge is 2.12. The van der Waals surface area contributed by atoms with Crippen LogP contribution in [-0.2, 0) is 0 Å². The maximum absolute atomic E-state index is 9.82. The lowest BCUT2D eigenvalue weighted by atomic mass is 10.1. The van der Waals surface area contributed by atoms with Crippen molar-refractivity contribution in [1.82, 2.24) is 0 Å². The lowest BCUT2D eigenvalue weighted by Gasteiger charge is -2.09. The molecule has 1 atom stereocenters. The smallest absolute Gasteiger partial charge is 0.123 e. The number of azo groups is 1. The number of hydrogen-bond acceptors (Lipinski definition) is 3. The second-order valence-electron chi connectivity index (χ2n) is 4.31. The molecule has 2 rings (SSSR count). The van der Waals surface area contributed by atoms with Gasteiger partial charge in [0.1, 0.15) is 11.4 Å². The maximum Gasteiger partial charge on any atom is 0.123 e. The maximum atomic E-state index is 9.82. The molecule has 7 heteroatoms. The molecule has 0 aliphatic heterocycles. The summed E-state index contributed by atoms with van der Waals surface area (Å²) < 4.78 is 0. The molecule has 0 heterocycles. The molecule has 0 bridgehead atoms. The summed E-state index contributed by atoms with van der Waals surface area (Å²) in [5, 5.41) is 19.5. The van der Waals surface area contributed by atoms with E-state index >= 15 is 0 Å². The highest BCUT2D eigenvalue weighted by molar-refractivity contribution is 6.41. The first-order valence-electron chi connectivity index (χ1n) is 5.92. The van der Waals surface area contributed by atoms with Crippen LogP contribution in [0.4, 0.5) is 5.69 Å². The van der Waals surface area contributed by atoms with Crippen LogP contribution in [0.5, 0.6) is 5.75 Å². The molecule has 0 spiro atoms. The monoisotopic (exact) mass is 362 g/mol. The van der Waals surface area contributed by atoms with E-state index in [0.29, 0.717) is 31.3 Å². The average Bonchev–Trinajstić information content (AvgIpc) is 2.40. The lowest BCUT2D eigenvalue weighted by Crippen LogP contribution is -1.89. The van der Waals surface area contributed by atoms with Gasteiger partial charge in [-0.25, -0.2) is 0 Å². The summed E-state index contributed by atoms with van der Waals surface area (Å²) in [6, 6.07) is 7.39. The van der Waals surface area contributed by atoms with E-state index in [0.717, 1.165) is 0 Å². The fraction of sp³-hybridized carbons (Fsp3) is 0.143. The normalized spacial score (nSPS) is 12.8. The minimum absolute atomic E-state index is 0.0964. The summed E-state index contributed by atoms with van der Waals surface area (Å²) in [6.07, 6.45) is 0. The highest BCUT2D eigenvalue weighted by Crippen LogP contribution is 2.37. The van der Waals surface area contributed by atoms with Crippen LogP contribution >= 0.6 is 46.4 Å². The van der Waals surface area contributed by atoms with E-state index in [2.05, 4.69) is 10.2 Å². The molecule has 0 fully saturated rings. The molecular formula is C14H10Cl4N2O. The van der Waals surface area contributed by atoms with Gasteiger partial charge in [0.25, 0.3) is 0 Å². The van der Waals surface area contributed by atoms with Gasteiger partial charge in [-0.2, -0.15) is 10.2 Å². The first-order chi connectivity index (χ1) is 9.88. The summed E-state index contributed by atoms with van der Waals surface area (Å²) in [6.45, 7) is 1.77. The molecule has 0 radical (unpaired) electrons. The molecule has 0 aliphatic carbocycles. The molecular weight excluding hydrogens is 354 g/mol. The zero-order valence-electron chi connectivity index (χ0n) is 10.8. The predicted molar refractivity (Wildman–Crippen MR) is 87.5 cm³/mol. The van der Waals surface area contributed by atoms with Crippen molar-refractivity contribution in [3.05, 3.63) is 56.0 Å². The number of nitrogens with zero attached hydrogens (tertiary/aromatic N) is 2. The van der Waals surface area contributed by atoms with Crippen molar-refractivity contribution >= 4 is 52.1 Å². The van der Waals surface area contributed by atoms with Gasteiger partial charge in [-0.3, -0.25) is 0 Å². The highest BCUT2D eigenvalue weighted by atomic mass is 35.5. The molecule has 0 aliphatic rings. The zero-order valence-corrected chi connectivity index (χ0v) is 13.8. The Morgan fingerprint density at radius 3 is 2.19 bits per heavy atom. The molecule has 1 N–H and O–H groups in total. The number of halogens is 4. The van der Waals surface area contributed by atoms with Gasteiger partial charge in [0, 0.05) is 15.6 Å². The Morgan fingerprint density at radius 2 is 1.57 bits per heavy atom. The van der Waals surface area contributed by atoms with Gasteiger partial charge in [-0.1, -0.05) is 46.4 Å². The summed E-state index contributed by atoms with van der Waals surface area (Å²) in [7, 11) is 0. The van der Waals surface area contributed by atoms with E-state index in [9.17, 15) is 5.11 Å². The fourth-order valence-corrected chi connectivity index (χ4v) is 2.77. The molecule has 0 saturated carbocycles. The molecule has 3 nitrogen and oxygen atoms in total. The second kappa shape index (κ2) is 6.84. The van der Waals surface area contributed by atoms with Crippen LogP contribution in [0.1, 0.15) is 18.5 Å². The molecule has 2 aromatic carbocycles. The molecule has 0 saturated heterocycles. The zero-order chi connectivity index (χ0) is 15.6. The van der Waals surface area contributed by atoms with Crippen molar-refractivity contribution in [2.24, 2.45) is 10.2 Å². The van der Waals surface area contributed by atoms with E-state index in [1.54, 1.807) is 19.1 Å². The Hall–Kier alpha value is -1.00. The fourth-order valence-electron chi connectivity index (χ4n) is 1.70. The molecule has 110 valence electrons. The van der Waals surface area contributed by atoms with Gasteiger partial charge in [0.2, 0.25) is 0 Å².